The highest BCUT2D eigenvalue weighted by atomic mass is 79.9. The lowest BCUT2D eigenvalue weighted by molar-refractivity contribution is 0.102. The second kappa shape index (κ2) is 4.20. The number of alkyl halides is 1. The Hall–Kier alpha value is -0.720. The second-order valence-corrected chi connectivity index (χ2v) is 4.54. The van der Waals surface area contributed by atoms with E-state index in [0.717, 1.165) is 6.07 Å². The van der Waals surface area contributed by atoms with E-state index in [0.29, 0.717) is 0 Å². The molecule has 0 aliphatic heterocycles. The Morgan fingerprint density at radius 1 is 1.43 bits per heavy atom. The number of rotatable bonds is 3. The van der Waals surface area contributed by atoms with Gasteiger partial charge in [-0.1, -0.05) is 28.1 Å². The van der Waals surface area contributed by atoms with E-state index in [1.165, 1.54) is 18.2 Å². The molecule has 0 aliphatic carbocycles. The summed E-state index contributed by atoms with van der Waals surface area (Å²) in [5, 5.41) is 0.113. The van der Waals surface area contributed by atoms with Crippen LogP contribution in [0.2, 0.25) is 0 Å². The molecule has 0 saturated heterocycles. The van der Waals surface area contributed by atoms with E-state index in [4.69, 9.17) is 4.55 Å². The zero-order valence-electron chi connectivity index (χ0n) is 6.97. The third-order valence-electron chi connectivity index (χ3n) is 1.58. The van der Waals surface area contributed by atoms with Crippen LogP contribution in [0.5, 0.6) is 0 Å². The average Bonchev–Trinajstić information content (AvgIpc) is 2.15. The Morgan fingerprint density at radius 3 is 2.57 bits per heavy atom. The smallest absolute Gasteiger partial charge is 0.293 e. The molecule has 1 N–H and O–H groups in total. The van der Waals surface area contributed by atoms with Gasteiger partial charge in [-0.25, -0.2) is 0 Å². The summed E-state index contributed by atoms with van der Waals surface area (Å²) in [6.45, 7) is 0. The summed E-state index contributed by atoms with van der Waals surface area (Å²) in [5.74, 6) is -0.240. The van der Waals surface area contributed by atoms with Crippen molar-refractivity contribution in [3.63, 3.8) is 0 Å². The van der Waals surface area contributed by atoms with Crippen molar-refractivity contribution >= 4 is 31.8 Å². The van der Waals surface area contributed by atoms with E-state index in [9.17, 15) is 13.2 Å². The van der Waals surface area contributed by atoms with Gasteiger partial charge >= 0.3 is 0 Å². The first-order valence-electron chi connectivity index (χ1n) is 3.62. The highest BCUT2D eigenvalue weighted by Crippen LogP contribution is 2.12. The lowest BCUT2D eigenvalue weighted by Gasteiger charge is -1.99. The molecule has 4 nitrogen and oxygen atoms in total. The molecule has 0 radical (unpaired) electrons. The first-order chi connectivity index (χ1) is 6.45. The fourth-order valence-electron chi connectivity index (χ4n) is 0.907. The average molecular weight is 279 g/mol. The molecular weight excluding hydrogens is 272 g/mol. The normalized spacial score (nSPS) is 11.3. The fourth-order valence-corrected chi connectivity index (χ4v) is 1.76. The standard InChI is InChI=1S/C8H7BrO4S/c9-5-8(10)6-2-1-3-7(4-6)14(11,12)13/h1-4H,5H2,(H,11,12,13). The van der Waals surface area contributed by atoms with Crippen LogP contribution in [0.15, 0.2) is 29.2 Å². The predicted octanol–water partition coefficient (Wildman–Crippen LogP) is 1.51. The summed E-state index contributed by atoms with van der Waals surface area (Å²) in [6.07, 6.45) is 0. The van der Waals surface area contributed by atoms with Gasteiger partial charge in [-0.05, 0) is 12.1 Å². The minimum absolute atomic E-state index is 0.113. The van der Waals surface area contributed by atoms with Gasteiger partial charge in [0.15, 0.2) is 5.78 Å². The van der Waals surface area contributed by atoms with Crippen LogP contribution in [0.1, 0.15) is 10.4 Å². The molecule has 0 spiro atoms. The van der Waals surface area contributed by atoms with Crippen molar-refractivity contribution in [3.8, 4) is 0 Å². The molecule has 14 heavy (non-hydrogen) atoms. The van der Waals surface area contributed by atoms with Crippen LogP contribution in [0.4, 0.5) is 0 Å². The zero-order valence-corrected chi connectivity index (χ0v) is 9.38. The van der Waals surface area contributed by atoms with E-state index in [1.807, 2.05) is 0 Å². The molecule has 0 saturated carbocycles. The third kappa shape index (κ3) is 2.63. The third-order valence-corrected chi connectivity index (χ3v) is 2.93. The zero-order chi connectivity index (χ0) is 10.8. The molecule has 0 atom stereocenters. The molecule has 0 fully saturated rings. The monoisotopic (exact) mass is 278 g/mol. The van der Waals surface area contributed by atoms with E-state index < -0.39 is 10.1 Å². The molecule has 6 heteroatoms. The Morgan fingerprint density at radius 2 is 2.07 bits per heavy atom. The number of benzene rings is 1. The number of carbonyl (C=O) groups excluding carboxylic acids is 1. The Labute approximate surface area is 89.8 Å². The first kappa shape index (κ1) is 11.4. The summed E-state index contributed by atoms with van der Waals surface area (Å²) < 4.78 is 30.2. The molecule has 0 heterocycles. The first-order valence-corrected chi connectivity index (χ1v) is 6.18. The summed E-state index contributed by atoms with van der Waals surface area (Å²) in [5.41, 5.74) is 0.247. The topological polar surface area (TPSA) is 71.4 Å². The molecule has 76 valence electrons. The maximum atomic E-state index is 11.2. The summed E-state index contributed by atoms with van der Waals surface area (Å²) in [7, 11) is -4.23. The summed E-state index contributed by atoms with van der Waals surface area (Å²) in [6, 6.07) is 5.25. The van der Waals surface area contributed by atoms with E-state index in [1.54, 1.807) is 0 Å². The maximum Gasteiger partial charge on any atom is 0.294 e. The van der Waals surface area contributed by atoms with Crippen LogP contribution >= 0.6 is 15.9 Å². The molecular formula is C8H7BrO4S. The van der Waals surface area contributed by atoms with Gasteiger partial charge in [0.1, 0.15) is 0 Å². The van der Waals surface area contributed by atoms with Gasteiger partial charge in [0.25, 0.3) is 10.1 Å². The van der Waals surface area contributed by atoms with Crippen LogP contribution in [0, 0.1) is 0 Å². The van der Waals surface area contributed by atoms with Crippen molar-refractivity contribution in [2.24, 2.45) is 0 Å². The SMILES string of the molecule is O=C(CBr)c1cccc(S(=O)(=O)O)c1. The lowest BCUT2D eigenvalue weighted by atomic mass is 10.2. The highest BCUT2D eigenvalue weighted by Gasteiger charge is 2.11. The Balaban J connectivity index is 3.21. The minimum atomic E-state index is -4.23. The van der Waals surface area contributed by atoms with Crippen LogP contribution in [0.3, 0.4) is 0 Å². The number of hydrogen-bond donors (Lipinski definition) is 1. The van der Waals surface area contributed by atoms with Crippen molar-refractivity contribution < 1.29 is 17.8 Å². The van der Waals surface area contributed by atoms with Crippen LogP contribution in [0.25, 0.3) is 0 Å². The largest absolute Gasteiger partial charge is 0.294 e. The molecule has 0 aliphatic rings. The Bertz CT molecular complexity index is 452. The molecule has 1 rings (SSSR count). The number of Topliss-reactive ketones (excluding diaryl/α,β-unsaturated/α-hetero) is 1. The molecule has 0 bridgehead atoms. The van der Waals surface area contributed by atoms with Gasteiger partial charge in [0, 0.05) is 5.56 Å². The van der Waals surface area contributed by atoms with Gasteiger partial charge in [-0.2, -0.15) is 8.42 Å². The maximum absolute atomic E-state index is 11.2. The number of carbonyl (C=O) groups is 1. The van der Waals surface area contributed by atoms with Crippen molar-refractivity contribution in [1.29, 1.82) is 0 Å². The molecule has 1 aromatic rings. The van der Waals surface area contributed by atoms with Gasteiger partial charge in [-0.15, -0.1) is 0 Å². The van der Waals surface area contributed by atoms with E-state index >= 15 is 0 Å². The second-order valence-electron chi connectivity index (χ2n) is 2.56. The van der Waals surface area contributed by atoms with E-state index in [2.05, 4.69) is 15.9 Å². The number of halogens is 1. The van der Waals surface area contributed by atoms with Crippen molar-refractivity contribution in [2.75, 3.05) is 5.33 Å². The molecule has 1 aromatic carbocycles. The minimum Gasteiger partial charge on any atom is -0.293 e. The number of hydrogen-bond acceptors (Lipinski definition) is 3. The van der Waals surface area contributed by atoms with Gasteiger partial charge < -0.3 is 0 Å². The fraction of sp³-hybridized carbons (Fsp3) is 0.125. The van der Waals surface area contributed by atoms with Gasteiger partial charge in [-0.3, -0.25) is 9.35 Å². The van der Waals surface area contributed by atoms with Crippen LogP contribution in [-0.2, 0) is 10.1 Å². The highest BCUT2D eigenvalue weighted by molar-refractivity contribution is 9.09. The van der Waals surface area contributed by atoms with Crippen molar-refractivity contribution in [1.82, 2.24) is 0 Å². The summed E-state index contributed by atoms with van der Waals surface area (Å²) in [4.78, 5) is 10.9. The summed E-state index contributed by atoms with van der Waals surface area (Å²) >= 11 is 2.97. The van der Waals surface area contributed by atoms with Gasteiger partial charge in [0.2, 0.25) is 0 Å². The Kier molecular flexibility index (Phi) is 3.41. The lowest BCUT2D eigenvalue weighted by Crippen LogP contribution is -2.03. The van der Waals surface area contributed by atoms with Crippen molar-refractivity contribution in [3.05, 3.63) is 29.8 Å². The molecule has 0 amide bonds. The van der Waals surface area contributed by atoms with E-state index in [-0.39, 0.29) is 21.6 Å². The quantitative estimate of drug-likeness (QED) is 0.517. The number of ketones is 1. The molecule has 0 unspecified atom stereocenters. The predicted molar refractivity (Wildman–Crippen MR) is 54.4 cm³/mol. The molecule has 0 aromatic heterocycles. The van der Waals surface area contributed by atoms with Crippen molar-refractivity contribution in [2.45, 2.75) is 4.90 Å². The van der Waals surface area contributed by atoms with Crippen LogP contribution < -0.4 is 0 Å². The van der Waals surface area contributed by atoms with Crippen LogP contribution in [-0.4, -0.2) is 24.1 Å². The van der Waals surface area contributed by atoms with Gasteiger partial charge in [0.05, 0.1) is 10.2 Å².